The van der Waals surface area contributed by atoms with E-state index in [0.717, 1.165) is 21.4 Å². The van der Waals surface area contributed by atoms with Crippen molar-refractivity contribution in [3.8, 4) is 0 Å². The summed E-state index contributed by atoms with van der Waals surface area (Å²) in [6, 6.07) is 30.1. The van der Waals surface area contributed by atoms with E-state index < -0.39 is 30.4 Å². The smallest absolute Gasteiger partial charge is 0.303 e. The van der Waals surface area contributed by atoms with Gasteiger partial charge in [-0.25, -0.2) is 0 Å². The van der Waals surface area contributed by atoms with Crippen LogP contribution < -0.4 is 10.0 Å². The van der Waals surface area contributed by atoms with Gasteiger partial charge < -0.3 is 29.8 Å². The molecule has 1 aliphatic heterocycles. The molecule has 1 aromatic heterocycles. The van der Waals surface area contributed by atoms with Crippen LogP contribution in [0.3, 0.4) is 0 Å². The number of nitrogens with zero attached hydrogens (tertiary/aromatic N) is 1. The van der Waals surface area contributed by atoms with Crippen LogP contribution in [0.15, 0.2) is 108 Å². The van der Waals surface area contributed by atoms with Crippen LogP contribution >= 0.6 is 11.8 Å². The maximum atomic E-state index is 12.6. The first kappa shape index (κ1) is 31.2. The molecule has 0 saturated carbocycles. The molecule has 5 rings (SSSR count). The van der Waals surface area contributed by atoms with Crippen molar-refractivity contribution >= 4 is 29.3 Å². The van der Waals surface area contributed by atoms with Crippen LogP contribution in [0.25, 0.3) is 0 Å². The number of aliphatic hydroxyl groups excluding tert-OH is 1. The maximum absolute atomic E-state index is 12.6. The highest BCUT2D eigenvalue weighted by molar-refractivity contribution is 7.99. The molecule has 44 heavy (non-hydrogen) atoms. The molecule has 1 aliphatic rings. The van der Waals surface area contributed by atoms with Crippen molar-refractivity contribution in [1.82, 2.24) is 0 Å². The van der Waals surface area contributed by atoms with Crippen LogP contribution in [0.4, 0.5) is 5.69 Å². The molecular weight excluding hydrogens is 580 g/mol. The first-order chi connectivity index (χ1) is 21.3. The van der Waals surface area contributed by atoms with Crippen molar-refractivity contribution in [2.45, 2.75) is 56.0 Å². The quantitative estimate of drug-likeness (QED) is 0.105. The van der Waals surface area contributed by atoms with Crippen molar-refractivity contribution in [2.24, 2.45) is 0 Å². The zero-order chi connectivity index (χ0) is 31.1. The number of ether oxygens (including phenoxy) is 3. The third-order valence-electron chi connectivity index (χ3n) is 7.29. The number of nitrogens with one attached hydrogen (secondary N) is 1. The van der Waals surface area contributed by atoms with E-state index in [-0.39, 0.29) is 18.6 Å². The van der Waals surface area contributed by atoms with Gasteiger partial charge >= 0.3 is 5.97 Å². The third kappa shape index (κ3) is 7.64. The summed E-state index contributed by atoms with van der Waals surface area (Å²) in [4.78, 5) is 23.9. The van der Waals surface area contributed by atoms with Gasteiger partial charge in [0.15, 0.2) is 18.6 Å². The molecular formula is C34H34N2O7S. The second-order valence-electron chi connectivity index (χ2n) is 10.4. The van der Waals surface area contributed by atoms with Gasteiger partial charge in [-0.3, -0.25) is 9.59 Å². The van der Waals surface area contributed by atoms with Crippen LogP contribution in [-0.2, 0) is 30.4 Å². The Kier molecular flexibility index (Phi) is 10.3. The van der Waals surface area contributed by atoms with Crippen molar-refractivity contribution in [2.75, 3.05) is 11.1 Å². The molecule has 1 fully saturated rings. The molecule has 1 unspecified atom stereocenters. The SMILES string of the molecule is CC(=O)O[C@@H](C)C(=O)Nc1cccc(C2O[C@H](CSc3cccc[n+]3[O-])[C@@H](c3ccccc3)[C@H](c3ccc(CO)cc3)O2)c1. The van der Waals surface area contributed by atoms with E-state index in [4.69, 9.17) is 14.2 Å². The van der Waals surface area contributed by atoms with Gasteiger partial charge in [0.2, 0.25) is 0 Å². The van der Waals surface area contributed by atoms with Crippen molar-refractivity contribution in [3.05, 3.63) is 131 Å². The molecule has 9 nitrogen and oxygen atoms in total. The van der Waals surface area contributed by atoms with Crippen LogP contribution in [0, 0.1) is 5.21 Å². The minimum absolute atomic E-state index is 0.0697. The molecule has 1 amide bonds. The van der Waals surface area contributed by atoms with E-state index in [1.165, 1.54) is 31.8 Å². The van der Waals surface area contributed by atoms with E-state index in [2.05, 4.69) is 5.32 Å². The fourth-order valence-electron chi connectivity index (χ4n) is 5.15. The van der Waals surface area contributed by atoms with E-state index in [1.807, 2.05) is 66.7 Å². The number of hydrogen-bond acceptors (Lipinski definition) is 8. The minimum atomic E-state index is -0.959. The van der Waals surface area contributed by atoms with Gasteiger partial charge in [0, 0.05) is 42.0 Å². The molecule has 2 heterocycles. The summed E-state index contributed by atoms with van der Waals surface area (Å²) >= 11 is 1.41. The number of carbonyl (C=O) groups excluding carboxylic acids is 2. The van der Waals surface area contributed by atoms with E-state index in [1.54, 1.807) is 30.3 Å². The summed E-state index contributed by atoms with van der Waals surface area (Å²) in [5, 5.41) is 25.4. The number of anilines is 1. The number of hydrogen-bond donors (Lipinski definition) is 2. The number of rotatable bonds is 10. The molecule has 10 heteroatoms. The fourth-order valence-corrected chi connectivity index (χ4v) is 6.14. The minimum Gasteiger partial charge on any atom is -0.618 e. The van der Waals surface area contributed by atoms with Crippen molar-refractivity contribution in [3.63, 3.8) is 0 Å². The lowest BCUT2D eigenvalue weighted by Crippen LogP contribution is -2.39. The van der Waals surface area contributed by atoms with Gasteiger partial charge in [-0.15, -0.1) is 0 Å². The van der Waals surface area contributed by atoms with Gasteiger partial charge in [-0.05, 0) is 41.8 Å². The van der Waals surface area contributed by atoms with Gasteiger partial charge in [-0.2, -0.15) is 4.73 Å². The summed E-state index contributed by atoms with van der Waals surface area (Å²) < 4.78 is 19.3. The molecule has 0 bridgehead atoms. The summed E-state index contributed by atoms with van der Waals surface area (Å²) in [5.41, 5.74) is 3.90. The summed E-state index contributed by atoms with van der Waals surface area (Å²) in [5.74, 6) is -0.765. The average Bonchev–Trinajstić information content (AvgIpc) is 3.04. The second-order valence-corrected chi connectivity index (χ2v) is 11.5. The van der Waals surface area contributed by atoms with Gasteiger partial charge in [0.05, 0.1) is 18.8 Å². The topological polar surface area (TPSA) is 121 Å². The largest absolute Gasteiger partial charge is 0.618 e. The Labute approximate surface area is 260 Å². The molecule has 0 aliphatic carbocycles. The molecule has 4 aromatic rings. The Morgan fingerprint density at radius 1 is 0.955 bits per heavy atom. The average molecular weight is 615 g/mol. The highest BCUT2D eigenvalue weighted by atomic mass is 32.2. The van der Waals surface area contributed by atoms with Crippen LogP contribution in [0.2, 0.25) is 0 Å². The molecule has 5 atom stereocenters. The lowest BCUT2D eigenvalue weighted by molar-refractivity contribution is -0.645. The predicted molar refractivity (Wildman–Crippen MR) is 165 cm³/mol. The number of aliphatic hydroxyl groups is 1. The monoisotopic (exact) mass is 614 g/mol. The number of thioether (sulfide) groups is 1. The summed E-state index contributed by atoms with van der Waals surface area (Å²) in [7, 11) is 0. The first-order valence-corrected chi connectivity index (χ1v) is 15.3. The number of pyridine rings is 1. The number of amides is 1. The predicted octanol–water partition coefficient (Wildman–Crippen LogP) is 5.43. The first-order valence-electron chi connectivity index (χ1n) is 14.3. The fraction of sp³-hybridized carbons (Fsp3) is 0.265. The third-order valence-corrected chi connectivity index (χ3v) is 8.40. The Morgan fingerprint density at radius 2 is 1.68 bits per heavy atom. The van der Waals surface area contributed by atoms with E-state index in [0.29, 0.717) is 22.0 Å². The van der Waals surface area contributed by atoms with E-state index in [9.17, 15) is 19.9 Å². The second kappa shape index (κ2) is 14.5. The Bertz CT molecular complexity index is 1570. The van der Waals surface area contributed by atoms with E-state index >= 15 is 0 Å². The number of aromatic nitrogens is 1. The molecule has 228 valence electrons. The highest BCUT2D eigenvalue weighted by Crippen LogP contribution is 2.48. The Hall–Kier alpha value is -4.22. The van der Waals surface area contributed by atoms with Gasteiger partial charge in [0.25, 0.3) is 10.9 Å². The Balaban J connectivity index is 1.49. The van der Waals surface area contributed by atoms with Crippen LogP contribution in [-0.4, -0.2) is 34.9 Å². The lowest BCUT2D eigenvalue weighted by atomic mass is 9.84. The number of esters is 1. The van der Waals surface area contributed by atoms with Crippen LogP contribution in [0.5, 0.6) is 0 Å². The zero-order valence-corrected chi connectivity index (χ0v) is 25.2. The summed E-state index contributed by atoms with van der Waals surface area (Å²) in [6.07, 6.45) is -1.11. The normalized spacial score (nSPS) is 20.4. The van der Waals surface area contributed by atoms with Gasteiger partial charge in [0.1, 0.15) is 0 Å². The standard InChI is InChI=1S/C34H34N2O7S/c1-22(41-23(2)38)33(39)35-28-12-8-11-27(19-28)34-42-29(21-44-30-13-6-7-18-36(30)40)31(25-9-4-3-5-10-25)32(43-34)26-16-14-24(20-37)15-17-26/h3-19,22,29,31-32,34,37H,20-21H2,1-2H3,(H,35,39)/t22-,29+,31+,32-,34?/m0/s1. The number of benzene rings is 3. The maximum Gasteiger partial charge on any atom is 0.303 e. The van der Waals surface area contributed by atoms with Gasteiger partial charge in [-0.1, -0.05) is 78.5 Å². The number of carbonyl (C=O) groups is 2. The highest BCUT2D eigenvalue weighted by Gasteiger charge is 2.42. The van der Waals surface area contributed by atoms with Crippen molar-refractivity contribution in [1.29, 1.82) is 0 Å². The van der Waals surface area contributed by atoms with Crippen molar-refractivity contribution < 1.29 is 33.6 Å². The zero-order valence-electron chi connectivity index (χ0n) is 24.4. The molecule has 0 radical (unpaired) electrons. The molecule has 1 saturated heterocycles. The molecule has 3 aromatic carbocycles. The van der Waals surface area contributed by atoms with Crippen LogP contribution in [0.1, 0.15) is 54.4 Å². The molecule has 0 spiro atoms. The Morgan fingerprint density at radius 3 is 2.39 bits per heavy atom. The lowest BCUT2D eigenvalue weighted by Gasteiger charge is -2.43. The summed E-state index contributed by atoms with van der Waals surface area (Å²) in [6.45, 7) is 2.69. The molecule has 2 N–H and O–H groups in total.